The fraction of sp³-hybridized carbons (Fsp3) is 0.438. The number of nitrogens with zero attached hydrogens (tertiary/aromatic N) is 2. The molecule has 7 heteroatoms. The molecular weight excluding hydrogens is 312 g/mol. The maximum atomic E-state index is 12.1. The van der Waals surface area contributed by atoms with Crippen LogP contribution in [0.15, 0.2) is 21.7 Å². The molecule has 2 N–H and O–H groups in total. The molecule has 2 aromatic rings. The highest BCUT2D eigenvalue weighted by molar-refractivity contribution is 8.00. The van der Waals surface area contributed by atoms with Gasteiger partial charge in [0.15, 0.2) is 0 Å². The minimum atomic E-state index is -0.269. The normalized spacial score (nSPS) is 13.4. The highest BCUT2D eigenvalue weighted by Gasteiger charge is 2.21. The fourth-order valence-electron chi connectivity index (χ4n) is 1.77. The van der Waals surface area contributed by atoms with Crippen molar-refractivity contribution in [2.75, 3.05) is 0 Å². The lowest BCUT2D eigenvalue weighted by atomic mass is 10.1. The van der Waals surface area contributed by atoms with Crippen molar-refractivity contribution in [3.8, 4) is 0 Å². The van der Waals surface area contributed by atoms with Crippen LogP contribution < -0.4 is 5.32 Å². The van der Waals surface area contributed by atoms with Gasteiger partial charge in [0, 0.05) is 5.54 Å². The standard InChI is InChI=1S/C16H22N4O2S/c1-10-6-7-12(22-10)8-9-13-17-15(20-19-13)23-11(2)14(21)18-16(3,4)5/h6-9,11H,1-5H3,(H,18,21)(H,17,19,20)/b9-8+. The van der Waals surface area contributed by atoms with Crippen molar-refractivity contribution in [1.82, 2.24) is 20.5 Å². The van der Waals surface area contributed by atoms with E-state index in [4.69, 9.17) is 4.42 Å². The average molecular weight is 334 g/mol. The van der Waals surface area contributed by atoms with Crippen LogP contribution in [0.5, 0.6) is 0 Å². The average Bonchev–Trinajstić information content (AvgIpc) is 3.03. The lowest BCUT2D eigenvalue weighted by molar-refractivity contribution is -0.121. The summed E-state index contributed by atoms with van der Waals surface area (Å²) in [7, 11) is 0. The highest BCUT2D eigenvalue weighted by atomic mass is 32.2. The number of aromatic nitrogens is 3. The van der Waals surface area contributed by atoms with Crippen molar-refractivity contribution >= 4 is 29.8 Å². The van der Waals surface area contributed by atoms with E-state index in [-0.39, 0.29) is 16.7 Å². The molecule has 0 fully saturated rings. The Kier molecular flexibility index (Phi) is 5.30. The first-order chi connectivity index (χ1) is 10.7. The number of hydrogen-bond donors (Lipinski definition) is 2. The van der Waals surface area contributed by atoms with E-state index in [0.29, 0.717) is 11.0 Å². The van der Waals surface area contributed by atoms with Crippen molar-refractivity contribution in [3.05, 3.63) is 29.5 Å². The van der Waals surface area contributed by atoms with Crippen LogP contribution in [-0.4, -0.2) is 31.9 Å². The number of carbonyl (C=O) groups excluding carboxylic acids is 1. The molecule has 0 aliphatic heterocycles. The summed E-state index contributed by atoms with van der Waals surface area (Å²) in [6, 6.07) is 3.79. The minimum Gasteiger partial charge on any atom is -0.462 e. The van der Waals surface area contributed by atoms with Crippen LogP contribution in [0, 0.1) is 6.92 Å². The second-order valence-corrected chi connectivity index (χ2v) is 7.59. The molecule has 1 amide bonds. The van der Waals surface area contributed by atoms with Gasteiger partial charge in [-0.1, -0.05) is 11.8 Å². The summed E-state index contributed by atoms with van der Waals surface area (Å²) in [5.74, 6) is 2.20. The molecule has 124 valence electrons. The van der Waals surface area contributed by atoms with E-state index < -0.39 is 0 Å². The molecule has 2 aromatic heterocycles. The van der Waals surface area contributed by atoms with E-state index in [1.165, 1.54) is 11.8 Å². The summed E-state index contributed by atoms with van der Waals surface area (Å²) in [6.07, 6.45) is 3.60. The number of thioether (sulfide) groups is 1. The van der Waals surface area contributed by atoms with Crippen LogP contribution in [-0.2, 0) is 4.79 Å². The molecule has 0 bridgehead atoms. The molecule has 23 heavy (non-hydrogen) atoms. The van der Waals surface area contributed by atoms with Gasteiger partial charge in [0.2, 0.25) is 11.1 Å². The molecule has 6 nitrogen and oxygen atoms in total. The number of H-pyrrole nitrogens is 1. The Morgan fingerprint density at radius 1 is 1.39 bits per heavy atom. The van der Waals surface area contributed by atoms with Gasteiger partial charge in [-0.3, -0.25) is 9.89 Å². The van der Waals surface area contributed by atoms with Gasteiger partial charge in [-0.05, 0) is 58.9 Å². The summed E-state index contributed by atoms with van der Waals surface area (Å²) in [5, 5.41) is 10.2. The zero-order valence-corrected chi connectivity index (χ0v) is 14.8. The van der Waals surface area contributed by atoms with Crippen LogP contribution >= 0.6 is 11.8 Å². The maximum absolute atomic E-state index is 12.1. The maximum Gasteiger partial charge on any atom is 0.233 e. The predicted molar refractivity (Wildman–Crippen MR) is 92.0 cm³/mol. The molecule has 0 saturated heterocycles. The topological polar surface area (TPSA) is 83.8 Å². The zero-order valence-electron chi connectivity index (χ0n) is 14.0. The van der Waals surface area contributed by atoms with E-state index in [2.05, 4.69) is 20.5 Å². The number of hydrogen-bond acceptors (Lipinski definition) is 5. The molecule has 0 spiro atoms. The van der Waals surface area contributed by atoms with E-state index in [9.17, 15) is 4.79 Å². The van der Waals surface area contributed by atoms with Crippen molar-refractivity contribution in [2.45, 2.75) is 50.6 Å². The first-order valence-corrected chi connectivity index (χ1v) is 8.26. The lowest BCUT2D eigenvalue weighted by Crippen LogP contribution is -2.44. The van der Waals surface area contributed by atoms with E-state index in [1.54, 1.807) is 6.08 Å². The molecule has 0 aliphatic carbocycles. The number of carbonyl (C=O) groups is 1. The van der Waals surface area contributed by atoms with Gasteiger partial charge in [0.25, 0.3) is 0 Å². The number of amides is 1. The van der Waals surface area contributed by atoms with Crippen LogP contribution in [0.3, 0.4) is 0 Å². The largest absolute Gasteiger partial charge is 0.462 e. The summed E-state index contributed by atoms with van der Waals surface area (Å²) < 4.78 is 5.45. The summed E-state index contributed by atoms with van der Waals surface area (Å²) in [5.41, 5.74) is -0.250. The van der Waals surface area contributed by atoms with Crippen LogP contribution in [0.4, 0.5) is 0 Å². The number of aromatic amines is 1. The van der Waals surface area contributed by atoms with Gasteiger partial charge in [-0.15, -0.1) is 5.10 Å². The van der Waals surface area contributed by atoms with Crippen molar-refractivity contribution < 1.29 is 9.21 Å². The van der Waals surface area contributed by atoms with Gasteiger partial charge in [0.1, 0.15) is 17.3 Å². The molecule has 1 unspecified atom stereocenters. The van der Waals surface area contributed by atoms with E-state index in [0.717, 1.165) is 11.5 Å². The molecule has 0 aromatic carbocycles. The summed E-state index contributed by atoms with van der Waals surface area (Å²) in [6.45, 7) is 9.59. The fourth-order valence-corrected chi connectivity index (χ4v) is 2.50. The summed E-state index contributed by atoms with van der Waals surface area (Å²) >= 11 is 1.32. The smallest absolute Gasteiger partial charge is 0.233 e. The van der Waals surface area contributed by atoms with Gasteiger partial charge in [-0.25, -0.2) is 4.98 Å². The number of aryl methyl sites for hydroxylation is 1. The predicted octanol–water partition coefficient (Wildman–Crippen LogP) is 3.27. The quantitative estimate of drug-likeness (QED) is 0.820. The molecule has 0 saturated carbocycles. The Labute approximate surface area is 140 Å². The van der Waals surface area contributed by atoms with Gasteiger partial charge >= 0.3 is 0 Å². The molecule has 2 rings (SSSR count). The second kappa shape index (κ2) is 7.04. The van der Waals surface area contributed by atoms with Crippen molar-refractivity contribution in [1.29, 1.82) is 0 Å². The minimum absolute atomic E-state index is 0.0320. The van der Waals surface area contributed by atoms with Crippen LogP contribution in [0.2, 0.25) is 0 Å². The highest BCUT2D eigenvalue weighted by Crippen LogP contribution is 2.20. The zero-order chi connectivity index (χ0) is 17.0. The van der Waals surface area contributed by atoms with Crippen molar-refractivity contribution in [2.24, 2.45) is 0 Å². The first kappa shape index (κ1) is 17.3. The van der Waals surface area contributed by atoms with Gasteiger partial charge in [-0.2, -0.15) is 0 Å². The number of furan rings is 1. The van der Waals surface area contributed by atoms with Crippen molar-refractivity contribution in [3.63, 3.8) is 0 Å². The SMILES string of the molecule is Cc1ccc(/C=C/c2nc(SC(C)C(=O)NC(C)(C)C)n[nH]2)o1. The molecule has 1 atom stereocenters. The van der Waals surface area contributed by atoms with E-state index in [1.807, 2.05) is 52.8 Å². The third-order valence-electron chi connectivity index (χ3n) is 2.80. The van der Waals surface area contributed by atoms with Crippen LogP contribution in [0.25, 0.3) is 12.2 Å². The Hall–Kier alpha value is -2.02. The second-order valence-electron chi connectivity index (χ2n) is 6.28. The summed E-state index contributed by atoms with van der Waals surface area (Å²) in [4.78, 5) is 16.4. The Balaban J connectivity index is 1.94. The van der Waals surface area contributed by atoms with Gasteiger partial charge < -0.3 is 9.73 Å². The third kappa shape index (κ3) is 5.59. The number of rotatable bonds is 5. The Morgan fingerprint density at radius 3 is 2.74 bits per heavy atom. The monoisotopic (exact) mass is 334 g/mol. The third-order valence-corrected chi connectivity index (χ3v) is 3.76. The Morgan fingerprint density at radius 2 is 2.13 bits per heavy atom. The van der Waals surface area contributed by atoms with Crippen LogP contribution in [0.1, 0.15) is 45.0 Å². The number of nitrogens with one attached hydrogen (secondary N) is 2. The Bertz CT molecular complexity index is 697. The van der Waals surface area contributed by atoms with Gasteiger partial charge in [0.05, 0.1) is 5.25 Å². The molecule has 0 aliphatic rings. The molecule has 0 radical (unpaired) electrons. The van der Waals surface area contributed by atoms with E-state index >= 15 is 0 Å². The first-order valence-electron chi connectivity index (χ1n) is 7.38. The lowest BCUT2D eigenvalue weighted by Gasteiger charge is -2.22. The molecular formula is C16H22N4O2S. The molecule has 2 heterocycles.